The normalized spacial score (nSPS) is 20.0. The average Bonchev–Trinajstić information content (AvgIpc) is 2.63. The van der Waals surface area contributed by atoms with Crippen LogP contribution in [0.4, 0.5) is 23.7 Å². The number of nitrogens with one attached hydrogen (secondary N) is 1. The molecule has 2 N–H and O–H groups in total. The summed E-state index contributed by atoms with van der Waals surface area (Å²) in [7, 11) is 0. The first-order chi connectivity index (χ1) is 9.86. The zero-order valence-corrected chi connectivity index (χ0v) is 11.2. The molecule has 5 nitrogen and oxygen atoms in total. The predicted octanol–water partition coefficient (Wildman–Crippen LogP) is 2.48. The topological polar surface area (TPSA) is 65.5 Å². The summed E-state index contributed by atoms with van der Waals surface area (Å²) in [5.41, 5.74) is -0.795. The highest BCUT2D eigenvalue weighted by Gasteiger charge is 2.32. The summed E-state index contributed by atoms with van der Waals surface area (Å²) in [6.45, 7) is 0.929. The molecular formula is C13H16F3N3O2. The lowest BCUT2D eigenvalue weighted by molar-refractivity contribution is -0.141. The lowest BCUT2D eigenvalue weighted by atomic mass is 10.2. The monoisotopic (exact) mass is 303 g/mol. The zero-order chi connectivity index (χ0) is 15.5. The molecule has 0 saturated carbocycles. The van der Waals surface area contributed by atoms with E-state index in [1.54, 1.807) is 0 Å². The van der Waals surface area contributed by atoms with E-state index < -0.39 is 24.0 Å². The molecule has 0 radical (unpaired) electrons. The van der Waals surface area contributed by atoms with Crippen LogP contribution in [-0.4, -0.2) is 40.2 Å². The van der Waals surface area contributed by atoms with Gasteiger partial charge in [-0.05, 0) is 31.4 Å². The van der Waals surface area contributed by atoms with Gasteiger partial charge in [-0.25, -0.2) is 9.78 Å². The van der Waals surface area contributed by atoms with Crippen LogP contribution >= 0.6 is 0 Å². The molecule has 21 heavy (non-hydrogen) atoms. The molecule has 1 aliphatic rings. The van der Waals surface area contributed by atoms with Gasteiger partial charge in [-0.3, -0.25) is 0 Å². The predicted molar refractivity (Wildman–Crippen MR) is 69.7 cm³/mol. The van der Waals surface area contributed by atoms with Gasteiger partial charge < -0.3 is 15.3 Å². The minimum atomic E-state index is -4.50. The van der Waals surface area contributed by atoms with E-state index in [2.05, 4.69) is 10.3 Å². The van der Waals surface area contributed by atoms with Crippen LogP contribution in [0.1, 0.15) is 25.0 Å². The minimum Gasteiger partial charge on any atom is -0.393 e. The number of anilines is 1. The number of rotatable bonds is 1. The van der Waals surface area contributed by atoms with E-state index in [0.29, 0.717) is 32.4 Å². The average molecular weight is 303 g/mol. The Hall–Kier alpha value is -1.83. The van der Waals surface area contributed by atoms with Gasteiger partial charge in [0.2, 0.25) is 0 Å². The number of amides is 2. The van der Waals surface area contributed by atoms with Gasteiger partial charge in [0.1, 0.15) is 5.69 Å². The van der Waals surface area contributed by atoms with Crippen LogP contribution in [0.15, 0.2) is 18.3 Å². The summed E-state index contributed by atoms with van der Waals surface area (Å²) in [4.78, 5) is 16.8. The molecule has 2 heterocycles. The molecule has 1 aliphatic heterocycles. The van der Waals surface area contributed by atoms with Gasteiger partial charge in [0, 0.05) is 13.1 Å². The minimum absolute atomic E-state index is 0.206. The van der Waals surface area contributed by atoms with Gasteiger partial charge in [-0.1, -0.05) is 0 Å². The third kappa shape index (κ3) is 4.32. The number of pyridine rings is 1. The van der Waals surface area contributed by atoms with Crippen molar-refractivity contribution in [1.82, 2.24) is 9.88 Å². The molecule has 1 unspecified atom stereocenters. The highest BCUT2D eigenvalue weighted by Crippen LogP contribution is 2.27. The van der Waals surface area contributed by atoms with Gasteiger partial charge in [0.15, 0.2) is 0 Å². The van der Waals surface area contributed by atoms with Crippen molar-refractivity contribution >= 4 is 11.7 Å². The molecule has 0 spiro atoms. The lowest BCUT2D eigenvalue weighted by Gasteiger charge is -2.20. The molecule has 1 atom stereocenters. The Labute approximate surface area is 119 Å². The van der Waals surface area contributed by atoms with E-state index in [1.807, 2.05) is 0 Å². The first kappa shape index (κ1) is 15.6. The Balaban J connectivity index is 1.96. The maximum atomic E-state index is 12.4. The second-order valence-electron chi connectivity index (χ2n) is 4.93. The molecule has 116 valence electrons. The van der Waals surface area contributed by atoms with Crippen LogP contribution in [0.25, 0.3) is 0 Å². The number of nitrogens with zero attached hydrogens (tertiary/aromatic N) is 2. The maximum absolute atomic E-state index is 12.4. The molecule has 1 aromatic heterocycles. The number of carbonyl (C=O) groups is 1. The fraction of sp³-hybridized carbons (Fsp3) is 0.538. The van der Waals surface area contributed by atoms with E-state index in [-0.39, 0.29) is 5.69 Å². The number of urea groups is 1. The largest absolute Gasteiger partial charge is 0.433 e. The molecule has 0 aliphatic carbocycles. The summed E-state index contributed by atoms with van der Waals surface area (Å²) >= 11 is 0. The molecule has 0 aromatic carbocycles. The second kappa shape index (κ2) is 6.30. The lowest BCUT2D eigenvalue weighted by Crippen LogP contribution is -2.35. The summed E-state index contributed by atoms with van der Waals surface area (Å²) < 4.78 is 37.1. The molecular weight excluding hydrogens is 287 g/mol. The number of likely N-dealkylation sites (tertiary alicyclic amines) is 1. The number of hydrogen-bond acceptors (Lipinski definition) is 3. The first-order valence-electron chi connectivity index (χ1n) is 6.63. The van der Waals surface area contributed by atoms with Crippen LogP contribution in [0, 0.1) is 0 Å². The third-order valence-corrected chi connectivity index (χ3v) is 3.29. The maximum Gasteiger partial charge on any atom is 0.433 e. The number of halogens is 3. The van der Waals surface area contributed by atoms with Gasteiger partial charge in [0.25, 0.3) is 0 Å². The summed E-state index contributed by atoms with van der Waals surface area (Å²) in [5, 5.41) is 12.0. The second-order valence-corrected chi connectivity index (χ2v) is 4.93. The van der Waals surface area contributed by atoms with Crippen molar-refractivity contribution < 1.29 is 23.1 Å². The number of aromatic nitrogens is 1. The molecule has 1 saturated heterocycles. The number of hydrogen-bond donors (Lipinski definition) is 2. The molecule has 2 amide bonds. The Morgan fingerprint density at radius 2 is 2.10 bits per heavy atom. The van der Waals surface area contributed by atoms with Crippen LogP contribution in [0.5, 0.6) is 0 Å². The van der Waals surface area contributed by atoms with E-state index in [1.165, 1.54) is 11.0 Å². The number of carbonyl (C=O) groups excluding carboxylic acids is 1. The van der Waals surface area contributed by atoms with Crippen molar-refractivity contribution in [3.63, 3.8) is 0 Å². The van der Waals surface area contributed by atoms with E-state index in [9.17, 15) is 23.1 Å². The zero-order valence-electron chi connectivity index (χ0n) is 11.2. The van der Waals surface area contributed by atoms with Gasteiger partial charge in [-0.15, -0.1) is 0 Å². The highest BCUT2D eigenvalue weighted by molar-refractivity contribution is 5.89. The molecule has 1 aromatic rings. The smallest absolute Gasteiger partial charge is 0.393 e. The number of aliphatic hydroxyl groups excluding tert-OH is 1. The molecule has 0 bridgehead atoms. The Kier molecular flexibility index (Phi) is 4.66. The third-order valence-electron chi connectivity index (χ3n) is 3.29. The van der Waals surface area contributed by atoms with Crippen molar-refractivity contribution in [2.24, 2.45) is 0 Å². The fourth-order valence-corrected chi connectivity index (χ4v) is 2.12. The molecule has 1 fully saturated rings. The van der Waals surface area contributed by atoms with Crippen molar-refractivity contribution in [2.75, 3.05) is 18.4 Å². The van der Waals surface area contributed by atoms with Crippen molar-refractivity contribution in [1.29, 1.82) is 0 Å². The Morgan fingerprint density at radius 3 is 2.71 bits per heavy atom. The number of alkyl halides is 3. The summed E-state index contributed by atoms with van der Waals surface area (Å²) in [6.07, 6.45) is -2.09. The number of aliphatic hydroxyl groups is 1. The van der Waals surface area contributed by atoms with Crippen molar-refractivity contribution in [3.8, 4) is 0 Å². The molecule has 2 rings (SSSR count). The molecule has 8 heteroatoms. The summed E-state index contributed by atoms with van der Waals surface area (Å²) in [6, 6.07) is 1.59. The van der Waals surface area contributed by atoms with Crippen LogP contribution in [-0.2, 0) is 6.18 Å². The Morgan fingerprint density at radius 1 is 1.33 bits per heavy atom. The van der Waals surface area contributed by atoms with Crippen LogP contribution < -0.4 is 5.32 Å². The van der Waals surface area contributed by atoms with Crippen molar-refractivity contribution in [3.05, 3.63) is 24.0 Å². The first-order valence-corrected chi connectivity index (χ1v) is 6.63. The van der Waals surface area contributed by atoms with Gasteiger partial charge in [0.05, 0.1) is 18.0 Å². The van der Waals surface area contributed by atoms with Crippen LogP contribution in [0.3, 0.4) is 0 Å². The van der Waals surface area contributed by atoms with Crippen LogP contribution in [0.2, 0.25) is 0 Å². The standard InChI is InChI=1S/C13H16F3N3O2/c14-13(15,16)11-4-3-9(8-17-11)18-12(21)19-6-1-2-10(20)5-7-19/h3-4,8,10,20H,1-2,5-7H2,(H,18,21). The highest BCUT2D eigenvalue weighted by atomic mass is 19.4. The van der Waals surface area contributed by atoms with Gasteiger partial charge in [-0.2, -0.15) is 13.2 Å². The van der Waals surface area contributed by atoms with Gasteiger partial charge >= 0.3 is 12.2 Å². The Bertz CT molecular complexity index is 490. The van der Waals surface area contributed by atoms with E-state index in [4.69, 9.17) is 0 Å². The SMILES string of the molecule is O=C(Nc1ccc(C(F)(F)F)nc1)N1CCCC(O)CC1. The summed E-state index contributed by atoms with van der Waals surface area (Å²) in [5.74, 6) is 0. The quantitative estimate of drug-likeness (QED) is 0.837. The fourth-order valence-electron chi connectivity index (χ4n) is 2.12. The van der Waals surface area contributed by atoms with E-state index in [0.717, 1.165) is 12.3 Å². The van der Waals surface area contributed by atoms with E-state index >= 15 is 0 Å². The van der Waals surface area contributed by atoms with Crippen molar-refractivity contribution in [2.45, 2.75) is 31.5 Å².